The van der Waals surface area contributed by atoms with E-state index in [4.69, 9.17) is 21.1 Å². The monoisotopic (exact) mass is 497 g/mol. The van der Waals surface area contributed by atoms with E-state index in [1.807, 2.05) is 4.90 Å². The molecule has 0 saturated carbocycles. The molecule has 1 aliphatic heterocycles. The summed E-state index contributed by atoms with van der Waals surface area (Å²) in [6.45, 7) is 1.11. The van der Waals surface area contributed by atoms with Gasteiger partial charge in [0.05, 0.1) is 37.0 Å². The minimum atomic E-state index is -3.41. The summed E-state index contributed by atoms with van der Waals surface area (Å²) in [7, 11) is -0.380. The highest BCUT2D eigenvalue weighted by Gasteiger charge is 2.38. The van der Waals surface area contributed by atoms with Crippen LogP contribution in [0.25, 0.3) is 0 Å². The number of methoxy groups -OCH3 is 2. The molecule has 0 spiro atoms. The number of aliphatic hydroxyl groups is 1. The molecular formula is C22H28ClN3O6S. The number of amides is 2. The molecule has 0 aliphatic carbocycles. The number of rotatable bonds is 10. The summed E-state index contributed by atoms with van der Waals surface area (Å²) in [5.41, 5.74) is 0.485. The molecule has 2 amide bonds. The van der Waals surface area contributed by atoms with E-state index in [0.29, 0.717) is 48.3 Å². The second kappa shape index (κ2) is 11.1. The molecule has 0 bridgehead atoms. The first kappa shape index (κ1) is 25.1. The summed E-state index contributed by atoms with van der Waals surface area (Å²) in [5.74, 6) is 1.06. The number of carbonyl (C=O) groups excluding carboxylic acids is 1. The molecule has 1 aliphatic rings. The van der Waals surface area contributed by atoms with E-state index in [0.717, 1.165) is 0 Å². The van der Waals surface area contributed by atoms with Gasteiger partial charge < -0.3 is 30.1 Å². The second-order valence-electron chi connectivity index (χ2n) is 7.75. The fourth-order valence-corrected chi connectivity index (χ4v) is 5.34. The van der Waals surface area contributed by atoms with Crippen molar-refractivity contribution in [3.8, 4) is 11.5 Å². The number of aliphatic hydroxyl groups excluding tert-OH is 1. The number of anilines is 1. The number of sulfone groups is 1. The van der Waals surface area contributed by atoms with Crippen LogP contribution in [0, 0.1) is 0 Å². The van der Waals surface area contributed by atoms with Gasteiger partial charge in [-0.15, -0.1) is 0 Å². The van der Waals surface area contributed by atoms with Crippen LogP contribution in [-0.2, 0) is 9.84 Å². The number of likely N-dealkylation sites (tertiary alicyclic amines) is 1. The third kappa shape index (κ3) is 6.50. The Bertz CT molecular complexity index is 1040. The molecule has 1 atom stereocenters. The van der Waals surface area contributed by atoms with Crippen LogP contribution in [0.15, 0.2) is 47.4 Å². The third-order valence-electron chi connectivity index (χ3n) is 5.46. The van der Waals surface area contributed by atoms with Crippen molar-refractivity contribution < 1.29 is 27.8 Å². The van der Waals surface area contributed by atoms with Crippen molar-refractivity contribution in [1.82, 2.24) is 10.2 Å². The van der Waals surface area contributed by atoms with Crippen molar-refractivity contribution >= 4 is 33.2 Å². The third-order valence-corrected chi connectivity index (χ3v) is 7.82. The Balaban J connectivity index is 1.46. The van der Waals surface area contributed by atoms with E-state index in [-0.39, 0.29) is 11.5 Å². The van der Waals surface area contributed by atoms with Crippen molar-refractivity contribution in [1.29, 1.82) is 0 Å². The van der Waals surface area contributed by atoms with E-state index in [9.17, 15) is 18.3 Å². The topological polar surface area (TPSA) is 117 Å². The molecule has 1 fully saturated rings. The molecule has 3 rings (SSSR count). The standard InChI is InChI=1S/C22H28ClN3O6S/c1-31-18-9-17(10-19(11-18)32-2)25-22(28)24-16(14-27)7-8-26-12-21(13-26)33(29,30)20-5-3-15(23)4-6-20/h3-6,9-11,16,21,27H,7-8,12-14H2,1-2H3,(H2,24,25,28)/t16-/m0/s1. The van der Waals surface area contributed by atoms with Crippen molar-refractivity contribution in [2.75, 3.05) is 45.8 Å². The Morgan fingerprint density at radius 2 is 1.76 bits per heavy atom. The van der Waals surface area contributed by atoms with Gasteiger partial charge in [0.15, 0.2) is 9.84 Å². The SMILES string of the molecule is COc1cc(NC(=O)N[C@H](CO)CCN2CC(S(=O)(=O)c3ccc(Cl)cc3)C2)cc(OC)c1. The van der Waals surface area contributed by atoms with Gasteiger partial charge in [-0.05, 0) is 30.7 Å². The Kier molecular flexibility index (Phi) is 8.41. The van der Waals surface area contributed by atoms with Crippen molar-refractivity contribution in [2.45, 2.75) is 22.6 Å². The summed E-state index contributed by atoms with van der Waals surface area (Å²) in [4.78, 5) is 14.6. The summed E-state index contributed by atoms with van der Waals surface area (Å²) >= 11 is 5.84. The highest BCUT2D eigenvalue weighted by molar-refractivity contribution is 7.92. The van der Waals surface area contributed by atoms with Crippen molar-refractivity contribution in [3.63, 3.8) is 0 Å². The van der Waals surface area contributed by atoms with Crippen molar-refractivity contribution in [2.24, 2.45) is 0 Å². The molecule has 180 valence electrons. The van der Waals surface area contributed by atoms with Gasteiger partial charge in [0.2, 0.25) is 0 Å². The Morgan fingerprint density at radius 1 is 1.15 bits per heavy atom. The van der Waals surface area contributed by atoms with Gasteiger partial charge in [0.25, 0.3) is 0 Å². The van der Waals surface area contributed by atoms with Crippen LogP contribution < -0.4 is 20.1 Å². The van der Waals surface area contributed by atoms with Crippen LogP contribution >= 0.6 is 11.6 Å². The minimum absolute atomic E-state index is 0.241. The van der Waals surface area contributed by atoms with Crippen LogP contribution in [0.4, 0.5) is 10.5 Å². The van der Waals surface area contributed by atoms with Crippen LogP contribution in [0.1, 0.15) is 6.42 Å². The fourth-order valence-electron chi connectivity index (χ4n) is 3.50. The molecule has 3 N–H and O–H groups in total. The second-order valence-corrected chi connectivity index (χ2v) is 10.4. The molecule has 1 heterocycles. The Hall–Kier alpha value is -2.53. The maximum absolute atomic E-state index is 12.7. The van der Waals surface area contributed by atoms with E-state index in [1.54, 1.807) is 30.3 Å². The highest BCUT2D eigenvalue weighted by Crippen LogP contribution is 2.26. The average Bonchev–Trinajstić information content (AvgIpc) is 2.76. The average molecular weight is 498 g/mol. The molecule has 2 aromatic rings. The van der Waals surface area contributed by atoms with Crippen molar-refractivity contribution in [3.05, 3.63) is 47.5 Å². The fraction of sp³-hybridized carbons (Fsp3) is 0.409. The molecule has 0 unspecified atom stereocenters. The number of benzene rings is 2. The quantitative estimate of drug-likeness (QED) is 0.461. The first-order valence-corrected chi connectivity index (χ1v) is 12.3. The number of nitrogens with zero attached hydrogens (tertiary/aromatic N) is 1. The lowest BCUT2D eigenvalue weighted by atomic mass is 10.1. The molecule has 9 nitrogen and oxygen atoms in total. The Labute approximate surface area is 198 Å². The van der Waals surface area contributed by atoms with Gasteiger partial charge in [-0.1, -0.05) is 11.6 Å². The van der Waals surface area contributed by atoms with Crippen LogP contribution in [0.3, 0.4) is 0 Å². The minimum Gasteiger partial charge on any atom is -0.497 e. The highest BCUT2D eigenvalue weighted by atomic mass is 35.5. The molecular weight excluding hydrogens is 470 g/mol. The first-order valence-electron chi connectivity index (χ1n) is 10.4. The van der Waals surface area contributed by atoms with Gasteiger partial charge in [-0.2, -0.15) is 0 Å². The zero-order chi connectivity index (χ0) is 24.0. The smallest absolute Gasteiger partial charge is 0.319 e. The van der Waals surface area contributed by atoms with Crippen LogP contribution in [0.2, 0.25) is 5.02 Å². The molecule has 1 saturated heterocycles. The molecule has 0 radical (unpaired) electrons. The molecule has 0 aromatic heterocycles. The van der Waals surface area contributed by atoms with Crippen LogP contribution in [0.5, 0.6) is 11.5 Å². The summed E-state index contributed by atoms with van der Waals surface area (Å²) in [6.07, 6.45) is 0.471. The maximum Gasteiger partial charge on any atom is 0.319 e. The lowest BCUT2D eigenvalue weighted by Gasteiger charge is -2.39. The predicted molar refractivity (Wildman–Crippen MR) is 126 cm³/mol. The van der Waals surface area contributed by atoms with E-state index in [2.05, 4.69) is 10.6 Å². The summed E-state index contributed by atoms with van der Waals surface area (Å²) in [6, 6.07) is 10.2. The van der Waals surface area contributed by atoms with Gasteiger partial charge in [0, 0.05) is 48.5 Å². The van der Waals surface area contributed by atoms with Gasteiger partial charge in [0.1, 0.15) is 11.5 Å². The summed E-state index contributed by atoms with van der Waals surface area (Å²) in [5, 5.41) is 15.1. The van der Waals surface area contributed by atoms with Gasteiger partial charge in [-0.25, -0.2) is 13.2 Å². The number of ether oxygens (including phenoxy) is 2. The first-order chi connectivity index (χ1) is 15.7. The maximum atomic E-state index is 12.7. The van der Waals surface area contributed by atoms with Gasteiger partial charge in [-0.3, -0.25) is 0 Å². The lowest BCUT2D eigenvalue weighted by Crippen LogP contribution is -2.55. The molecule has 33 heavy (non-hydrogen) atoms. The predicted octanol–water partition coefficient (Wildman–Crippen LogP) is 2.39. The number of carbonyl (C=O) groups is 1. The molecule has 2 aromatic carbocycles. The number of hydrogen-bond acceptors (Lipinski definition) is 7. The number of nitrogens with one attached hydrogen (secondary N) is 2. The molecule has 11 heteroatoms. The number of halogens is 1. The zero-order valence-corrected chi connectivity index (χ0v) is 20.0. The lowest BCUT2D eigenvalue weighted by molar-refractivity contribution is 0.160. The van der Waals surface area contributed by atoms with E-state index < -0.39 is 27.2 Å². The van der Waals surface area contributed by atoms with Crippen LogP contribution in [-0.4, -0.2) is 76.2 Å². The van der Waals surface area contributed by atoms with Gasteiger partial charge >= 0.3 is 6.03 Å². The number of hydrogen-bond donors (Lipinski definition) is 3. The van der Waals surface area contributed by atoms with E-state index in [1.165, 1.54) is 26.4 Å². The normalized spacial score (nSPS) is 15.4. The zero-order valence-electron chi connectivity index (χ0n) is 18.5. The van der Waals surface area contributed by atoms with E-state index >= 15 is 0 Å². The Morgan fingerprint density at radius 3 is 2.30 bits per heavy atom. The summed E-state index contributed by atoms with van der Waals surface area (Å²) < 4.78 is 35.7. The largest absolute Gasteiger partial charge is 0.497 e. The number of urea groups is 1.